The molecular weight excluding hydrogens is 311 g/mol. The number of rotatable bonds is 5. The number of nitrogens with two attached hydrogens (primary N) is 1. The van der Waals surface area contributed by atoms with Crippen LogP contribution in [-0.4, -0.2) is 18.5 Å². The zero-order chi connectivity index (χ0) is 13.8. The van der Waals surface area contributed by atoms with E-state index in [2.05, 4.69) is 20.8 Å². The molecule has 2 N–H and O–H groups in total. The van der Waals surface area contributed by atoms with Crippen LogP contribution in [0.1, 0.15) is 17.2 Å². The maximum atomic E-state index is 13.4. The molecule has 0 saturated carbocycles. The van der Waals surface area contributed by atoms with Gasteiger partial charge in [0.1, 0.15) is 5.82 Å². The lowest BCUT2D eigenvalue weighted by molar-refractivity contribution is 0.240. The Kier molecular flexibility index (Phi) is 4.74. The molecule has 3 nitrogen and oxygen atoms in total. The molecule has 0 aliphatic heterocycles. The number of benzene rings is 1. The summed E-state index contributed by atoms with van der Waals surface area (Å²) in [6.45, 7) is 1.11. The lowest BCUT2D eigenvalue weighted by Crippen LogP contribution is -2.30. The fourth-order valence-corrected chi connectivity index (χ4v) is 2.61. The summed E-state index contributed by atoms with van der Waals surface area (Å²) in [7, 11) is 1.96. The zero-order valence-electron chi connectivity index (χ0n) is 10.6. The van der Waals surface area contributed by atoms with Crippen molar-refractivity contribution in [3.63, 3.8) is 0 Å². The first-order valence-corrected chi connectivity index (χ1v) is 6.77. The van der Waals surface area contributed by atoms with Gasteiger partial charge in [-0.15, -0.1) is 0 Å². The van der Waals surface area contributed by atoms with Crippen molar-refractivity contribution >= 4 is 15.9 Å². The Morgan fingerprint density at radius 3 is 2.84 bits per heavy atom. The van der Waals surface area contributed by atoms with Crippen molar-refractivity contribution in [1.29, 1.82) is 0 Å². The SMILES string of the molecule is CN(Cc1ccoc1)C(CN)c1cc(F)ccc1Br. The van der Waals surface area contributed by atoms with E-state index < -0.39 is 0 Å². The normalized spacial score (nSPS) is 12.9. The first-order valence-electron chi connectivity index (χ1n) is 5.98. The highest BCUT2D eigenvalue weighted by atomic mass is 79.9. The van der Waals surface area contributed by atoms with E-state index in [1.54, 1.807) is 18.6 Å². The minimum atomic E-state index is -0.256. The fraction of sp³-hybridized carbons (Fsp3) is 0.286. The maximum absolute atomic E-state index is 13.4. The summed E-state index contributed by atoms with van der Waals surface area (Å²) in [6, 6.07) is 6.51. The molecule has 0 amide bonds. The van der Waals surface area contributed by atoms with Crippen LogP contribution in [-0.2, 0) is 6.54 Å². The Bertz CT molecular complexity index is 530. The van der Waals surface area contributed by atoms with Crippen LogP contribution in [0, 0.1) is 5.82 Å². The molecular formula is C14H16BrFN2O. The largest absolute Gasteiger partial charge is 0.472 e. The van der Waals surface area contributed by atoms with E-state index in [0.29, 0.717) is 13.1 Å². The van der Waals surface area contributed by atoms with Crippen molar-refractivity contribution in [3.8, 4) is 0 Å². The third kappa shape index (κ3) is 3.43. The van der Waals surface area contributed by atoms with E-state index in [-0.39, 0.29) is 11.9 Å². The molecule has 2 rings (SSSR count). The number of halogens is 2. The van der Waals surface area contributed by atoms with Gasteiger partial charge in [0.25, 0.3) is 0 Å². The lowest BCUT2D eigenvalue weighted by Gasteiger charge is -2.27. The van der Waals surface area contributed by atoms with Gasteiger partial charge in [0, 0.05) is 29.2 Å². The van der Waals surface area contributed by atoms with Gasteiger partial charge in [0.15, 0.2) is 0 Å². The number of furan rings is 1. The third-order valence-corrected chi connectivity index (χ3v) is 3.81. The molecule has 1 unspecified atom stereocenters. The van der Waals surface area contributed by atoms with E-state index in [0.717, 1.165) is 15.6 Å². The number of hydrogen-bond acceptors (Lipinski definition) is 3. The highest BCUT2D eigenvalue weighted by Gasteiger charge is 2.19. The van der Waals surface area contributed by atoms with Crippen LogP contribution < -0.4 is 5.73 Å². The Hall–Kier alpha value is -1.17. The van der Waals surface area contributed by atoms with Gasteiger partial charge in [-0.1, -0.05) is 15.9 Å². The molecule has 0 fully saturated rings. The Morgan fingerprint density at radius 2 is 2.21 bits per heavy atom. The summed E-state index contributed by atoms with van der Waals surface area (Å²) in [6.07, 6.45) is 3.34. The molecule has 0 aliphatic rings. The first-order chi connectivity index (χ1) is 9.11. The van der Waals surface area contributed by atoms with Gasteiger partial charge >= 0.3 is 0 Å². The molecule has 0 bridgehead atoms. The highest BCUT2D eigenvalue weighted by molar-refractivity contribution is 9.10. The van der Waals surface area contributed by atoms with Crippen LogP contribution in [0.15, 0.2) is 45.7 Å². The van der Waals surface area contributed by atoms with Crippen LogP contribution >= 0.6 is 15.9 Å². The van der Waals surface area contributed by atoms with Crippen LogP contribution in [0.2, 0.25) is 0 Å². The van der Waals surface area contributed by atoms with Gasteiger partial charge in [0.2, 0.25) is 0 Å². The quantitative estimate of drug-likeness (QED) is 0.916. The van der Waals surface area contributed by atoms with Crippen LogP contribution in [0.4, 0.5) is 4.39 Å². The van der Waals surface area contributed by atoms with Crippen molar-refractivity contribution in [2.24, 2.45) is 5.73 Å². The average molecular weight is 327 g/mol. The van der Waals surface area contributed by atoms with Gasteiger partial charge in [-0.25, -0.2) is 4.39 Å². The molecule has 1 heterocycles. The molecule has 1 aromatic carbocycles. The Labute approximate surface area is 120 Å². The Balaban J connectivity index is 2.21. The van der Waals surface area contributed by atoms with Gasteiger partial charge < -0.3 is 10.2 Å². The van der Waals surface area contributed by atoms with Gasteiger partial charge in [-0.2, -0.15) is 0 Å². The molecule has 0 saturated heterocycles. The van der Waals surface area contributed by atoms with Crippen LogP contribution in [0.5, 0.6) is 0 Å². The summed E-state index contributed by atoms with van der Waals surface area (Å²) < 4.78 is 19.3. The van der Waals surface area contributed by atoms with Crippen LogP contribution in [0.25, 0.3) is 0 Å². The molecule has 1 atom stereocenters. The second-order valence-electron chi connectivity index (χ2n) is 4.46. The molecule has 0 spiro atoms. The fourth-order valence-electron chi connectivity index (χ4n) is 2.10. The summed E-state index contributed by atoms with van der Waals surface area (Å²) in [4.78, 5) is 2.07. The second kappa shape index (κ2) is 6.32. The van der Waals surface area contributed by atoms with Crippen molar-refractivity contribution in [2.75, 3.05) is 13.6 Å². The highest BCUT2D eigenvalue weighted by Crippen LogP contribution is 2.28. The van der Waals surface area contributed by atoms with Gasteiger partial charge in [-0.3, -0.25) is 4.90 Å². The molecule has 102 valence electrons. The van der Waals surface area contributed by atoms with Crippen molar-refractivity contribution < 1.29 is 8.81 Å². The molecule has 0 radical (unpaired) electrons. The Morgan fingerprint density at radius 1 is 1.42 bits per heavy atom. The first kappa shape index (κ1) is 14.2. The monoisotopic (exact) mass is 326 g/mol. The van der Waals surface area contributed by atoms with E-state index in [4.69, 9.17) is 10.2 Å². The molecule has 5 heteroatoms. The van der Waals surface area contributed by atoms with E-state index in [9.17, 15) is 4.39 Å². The predicted octanol–water partition coefficient (Wildman–Crippen LogP) is 3.31. The average Bonchev–Trinajstić information content (AvgIpc) is 2.87. The van der Waals surface area contributed by atoms with Crippen molar-refractivity contribution in [2.45, 2.75) is 12.6 Å². The number of nitrogens with zero attached hydrogens (tertiary/aromatic N) is 1. The second-order valence-corrected chi connectivity index (χ2v) is 5.32. The van der Waals surface area contributed by atoms with Crippen molar-refractivity contribution in [3.05, 3.63) is 58.2 Å². The van der Waals surface area contributed by atoms with E-state index >= 15 is 0 Å². The standard InChI is InChI=1S/C14H16BrFN2O/c1-18(8-10-4-5-19-9-10)14(7-17)12-6-11(16)2-3-13(12)15/h2-6,9,14H,7-8,17H2,1H3. The molecule has 0 aliphatic carbocycles. The van der Waals surface area contributed by atoms with Gasteiger partial charge in [0.05, 0.1) is 12.5 Å². The topological polar surface area (TPSA) is 42.4 Å². The van der Waals surface area contributed by atoms with Gasteiger partial charge in [-0.05, 0) is 36.9 Å². The van der Waals surface area contributed by atoms with Crippen LogP contribution in [0.3, 0.4) is 0 Å². The summed E-state index contributed by atoms with van der Waals surface area (Å²) in [5, 5.41) is 0. The van der Waals surface area contributed by atoms with Crippen molar-refractivity contribution in [1.82, 2.24) is 4.90 Å². The van der Waals surface area contributed by atoms with E-state index in [1.807, 2.05) is 13.1 Å². The minimum absolute atomic E-state index is 0.0556. The number of likely N-dealkylation sites (N-methyl/N-ethyl adjacent to an activating group) is 1. The third-order valence-electron chi connectivity index (χ3n) is 3.08. The molecule has 1 aromatic heterocycles. The predicted molar refractivity (Wildman–Crippen MR) is 76.1 cm³/mol. The summed E-state index contributed by atoms with van der Waals surface area (Å²) >= 11 is 3.45. The molecule has 19 heavy (non-hydrogen) atoms. The minimum Gasteiger partial charge on any atom is -0.472 e. The van der Waals surface area contributed by atoms with E-state index in [1.165, 1.54) is 12.1 Å². The summed E-state index contributed by atoms with van der Waals surface area (Å²) in [5.41, 5.74) is 7.76. The smallest absolute Gasteiger partial charge is 0.123 e. The summed E-state index contributed by atoms with van der Waals surface area (Å²) in [5.74, 6) is -0.256. The number of hydrogen-bond donors (Lipinski definition) is 1. The lowest BCUT2D eigenvalue weighted by atomic mass is 10.1. The molecule has 2 aromatic rings. The zero-order valence-corrected chi connectivity index (χ0v) is 12.2. The maximum Gasteiger partial charge on any atom is 0.123 e.